The van der Waals surface area contributed by atoms with Crippen LogP contribution in [0.1, 0.15) is 37.0 Å². The number of carboxylic acid groups (broad SMARTS) is 1. The molecule has 6 nitrogen and oxygen atoms in total. The van der Waals surface area contributed by atoms with Crippen molar-refractivity contribution in [3.63, 3.8) is 0 Å². The molecule has 2 N–H and O–H groups in total. The summed E-state index contributed by atoms with van der Waals surface area (Å²) in [6.45, 7) is 3.74. The van der Waals surface area contributed by atoms with Gasteiger partial charge in [-0.1, -0.05) is 0 Å². The van der Waals surface area contributed by atoms with Gasteiger partial charge in [0, 0.05) is 12.6 Å². The molecule has 0 spiro atoms. The summed E-state index contributed by atoms with van der Waals surface area (Å²) in [5.41, 5.74) is -0.649. The van der Waals surface area contributed by atoms with Crippen molar-refractivity contribution in [1.82, 2.24) is 5.32 Å². The highest BCUT2D eigenvalue weighted by atomic mass is 16.5. The second-order valence-corrected chi connectivity index (χ2v) is 6.49. The van der Waals surface area contributed by atoms with Crippen LogP contribution < -0.4 is 14.8 Å². The SMILES string of the molecule is COc1ccc(C(=O)NCC(C)(C)C(=O)O)c(OCC2CC2)c1. The predicted octanol–water partition coefficient (Wildman–Crippen LogP) is 2.32. The van der Waals surface area contributed by atoms with E-state index < -0.39 is 11.4 Å². The van der Waals surface area contributed by atoms with Gasteiger partial charge in [0.2, 0.25) is 0 Å². The number of aliphatic carboxylic acids is 1. The summed E-state index contributed by atoms with van der Waals surface area (Å²) < 4.78 is 10.9. The van der Waals surface area contributed by atoms with Gasteiger partial charge in [0.25, 0.3) is 5.91 Å². The number of carboxylic acids is 1. The van der Waals surface area contributed by atoms with Crippen LogP contribution in [0.3, 0.4) is 0 Å². The number of ether oxygens (including phenoxy) is 2. The topological polar surface area (TPSA) is 84.9 Å². The van der Waals surface area contributed by atoms with Crippen LogP contribution in [-0.2, 0) is 4.79 Å². The molecule has 0 saturated heterocycles. The van der Waals surface area contributed by atoms with Crippen LogP contribution >= 0.6 is 0 Å². The third-order valence-electron chi connectivity index (χ3n) is 3.87. The highest BCUT2D eigenvalue weighted by molar-refractivity contribution is 5.97. The number of rotatable bonds is 8. The van der Waals surface area contributed by atoms with Crippen molar-refractivity contribution < 1.29 is 24.2 Å². The predicted molar refractivity (Wildman–Crippen MR) is 85.0 cm³/mol. The number of nitrogens with one attached hydrogen (secondary N) is 1. The standard InChI is InChI=1S/C17H23NO5/c1-17(2,16(20)21)10-18-15(19)13-7-6-12(22-3)8-14(13)23-9-11-4-5-11/h6-8,11H,4-5,9-10H2,1-3H3,(H,18,19)(H,20,21). The van der Waals surface area contributed by atoms with E-state index >= 15 is 0 Å². The molecule has 0 heterocycles. The Morgan fingerprint density at radius 3 is 2.61 bits per heavy atom. The van der Waals surface area contributed by atoms with Crippen molar-refractivity contribution in [3.8, 4) is 11.5 Å². The Morgan fingerprint density at radius 2 is 2.04 bits per heavy atom. The maximum absolute atomic E-state index is 12.4. The maximum Gasteiger partial charge on any atom is 0.310 e. The van der Waals surface area contributed by atoms with E-state index in [0.717, 1.165) is 12.8 Å². The van der Waals surface area contributed by atoms with Crippen LogP contribution in [0.15, 0.2) is 18.2 Å². The normalized spacial score (nSPS) is 14.2. The largest absolute Gasteiger partial charge is 0.497 e. The molecule has 0 aromatic heterocycles. The van der Waals surface area contributed by atoms with Crippen LogP contribution in [0, 0.1) is 11.3 Å². The Labute approximate surface area is 135 Å². The number of carbonyl (C=O) groups excluding carboxylic acids is 1. The number of amides is 1. The van der Waals surface area contributed by atoms with E-state index in [2.05, 4.69) is 5.32 Å². The molecule has 1 saturated carbocycles. The molecule has 1 fully saturated rings. The van der Waals surface area contributed by atoms with Crippen LogP contribution in [-0.4, -0.2) is 37.2 Å². The first-order chi connectivity index (χ1) is 10.8. The number of hydrogen-bond donors (Lipinski definition) is 2. The van der Waals surface area contributed by atoms with E-state index in [1.165, 1.54) is 0 Å². The zero-order chi connectivity index (χ0) is 17.0. The van der Waals surface area contributed by atoms with E-state index in [1.54, 1.807) is 39.2 Å². The summed E-state index contributed by atoms with van der Waals surface area (Å²) in [5, 5.41) is 11.8. The average molecular weight is 321 g/mol. The van der Waals surface area contributed by atoms with Gasteiger partial charge in [-0.05, 0) is 44.7 Å². The molecule has 1 amide bonds. The van der Waals surface area contributed by atoms with Gasteiger partial charge in [-0.3, -0.25) is 9.59 Å². The quantitative estimate of drug-likeness (QED) is 0.767. The monoisotopic (exact) mass is 321 g/mol. The molecule has 1 aromatic rings. The van der Waals surface area contributed by atoms with Gasteiger partial charge in [-0.15, -0.1) is 0 Å². The Morgan fingerprint density at radius 1 is 1.35 bits per heavy atom. The van der Waals surface area contributed by atoms with E-state index in [0.29, 0.717) is 29.6 Å². The van der Waals surface area contributed by atoms with Crippen molar-refractivity contribution in [2.75, 3.05) is 20.3 Å². The third-order valence-corrected chi connectivity index (χ3v) is 3.87. The van der Waals surface area contributed by atoms with E-state index in [4.69, 9.17) is 14.6 Å². The average Bonchev–Trinajstić information content (AvgIpc) is 3.34. The summed E-state index contributed by atoms with van der Waals surface area (Å²) >= 11 is 0. The summed E-state index contributed by atoms with van der Waals surface area (Å²) in [4.78, 5) is 23.5. The molecular weight excluding hydrogens is 298 g/mol. The molecule has 23 heavy (non-hydrogen) atoms. The van der Waals surface area contributed by atoms with E-state index in [-0.39, 0.29) is 12.5 Å². The van der Waals surface area contributed by atoms with Gasteiger partial charge in [0.15, 0.2) is 0 Å². The molecule has 1 aliphatic carbocycles. The van der Waals surface area contributed by atoms with Crippen molar-refractivity contribution >= 4 is 11.9 Å². The Hall–Kier alpha value is -2.24. The third kappa shape index (κ3) is 4.61. The van der Waals surface area contributed by atoms with Crippen LogP contribution in [0.2, 0.25) is 0 Å². The summed E-state index contributed by atoms with van der Waals surface area (Å²) in [6, 6.07) is 4.99. The summed E-state index contributed by atoms with van der Waals surface area (Å²) in [7, 11) is 1.55. The minimum Gasteiger partial charge on any atom is -0.497 e. The van der Waals surface area contributed by atoms with Crippen LogP contribution in [0.25, 0.3) is 0 Å². The zero-order valence-electron chi connectivity index (χ0n) is 13.7. The van der Waals surface area contributed by atoms with Crippen LogP contribution in [0.4, 0.5) is 0 Å². The minimum absolute atomic E-state index is 0.0370. The molecule has 2 rings (SSSR count). The van der Waals surface area contributed by atoms with Crippen molar-refractivity contribution in [1.29, 1.82) is 0 Å². The first-order valence-corrected chi connectivity index (χ1v) is 7.66. The molecule has 1 aliphatic rings. The molecule has 0 unspecified atom stereocenters. The van der Waals surface area contributed by atoms with Gasteiger partial charge >= 0.3 is 5.97 Å². The van der Waals surface area contributed by atoms with Crippen LogP contribution in [0.5, 0.6) is 11.5 Å². The summed E-state index contributed by atoms with van der Waals surface area (Å²) in [6.07, 6.45) is 2.30. The van der Waals surface area contributed by atoms with Gasteiger partial charge in [0.1, 0.15) is 11.5 Å². The van der Waals surface area contributed by atoms with Crippen molar-refractivity contribution in [2.24, 2.45) is 11.3 Å². The fraction of sp³-hybridized carbons (Fsp3) is 0.529. The first kappa shape index (κ1) is 17.1. The van der Waals surface area contributed by atoms with Gasteiger partial charge < -0.3 is 19.9 Å². The molecule has 1 aromatic carbocycles. The molecule has 0 bridgehead atoms. The van der Waals surface area contributed by atoms with Gasteiger partial charge in [0.05, 0.1) is 24.7 Å². The molecule has 126 valence electrons. The molecule has 0 aliphatic heterocycles. The molecule has 0 radical (unpaired) electrons. The number of carbonyl (C=O) groups is 2. The van der Waals surface area contributed by atoms with E-state index in [9.17, 15) is 9.59 Å². The lowest BCUT2D eigenvalue weighted by atomic mass is 9.94. The van der Waals surface area contributed by atoms with Gasteiger partial charge in [-0.2, -0.15) is 0 Å². The highest BCUT2D eigenvalue weighted by Crippen LogP contribution is 2.31. The highest BCUT2D eigenvalue weighted by Gasteiger charge is 2.28. The second-order valence-electron chi connectivity index (χ2n) is 6.49. The van der Waals surface area contributed by atoms with Crippen molar-refractivity contribution in [2.45, 2.75) is 26.7 Å². The first-order valence-electron chi connectivity index (χ1n) is 7.66. The molecule has 6 heteroatoms. The lowest BCUT2D eigenvalue weighted by molar-refractivity contribution is -0.146. The smallest absolute Gasteiger partial charge is 0.310 e. The summed E-state index contributed by atoms with van der Waals surface area (Å²) in [5.74, 6) is 0.314. The lowest BCUT2D eigenvalue weighted by Gasteiger charge is -2.20. The Balaban J connectivity index is 2.09. The lowest BCUT2D eigenvalue weighted by Crippen LogP contribution is -2.39. The number of methoxy groups -OCH3 is 1. The van der Waals surface area contributed by atoms with Gasteiger partial charge in [-0.25, -0.2) is 0 Å². The van der Waals surface area contributed by atoms with E-state index in [1.807, 2.05) is 0 Å². The second kappa shape index (κ2) is 6.89. The fourth-order valence-corrected chi connectivity index (χ4v) is 1.90. The minimum atomic E-state index is -1.03. The maximum atomic E-state index is 12.4. The Kier molecular flexibility index (Phi) is 5.13. The Bertz CT molecular complexity index is 593. The molecule has 0 atom stereocenters. The fourth-order valence-electron chi connectivity index (χ4n) is 1.90. The zero-order valence-corrected chi connectivity index (χ0v) is 13.7. The number of benzene rings is 1. The van der Waals surface area contributed by atoms with Crippen molar-refractivity contribution in [3.05, 3.63) is 23.8 Å². The number of hydrogen-bond acceptors (Lipinski definition) is 4. The molecular formula is C17H23NO5.